The first kappa shape index (κ1) is 11.2. The van der Waals surface area contributed by atoms with Gasteiger partial charge in [0.1, 0.15) is 0 Å². The first-order chi connectivity index (χ1) is 6.35. The van der Waals surface area contributed by atoms with Crippen LogP contribution in [0.1, 0.15) is 19.4 Å². The molecule has 0 aliphatic carbocycles. The van der Waals surface area contributed by atoms with E-state index in [4.69, 9.17) is 28.3 Å². The number of nitrogens with zero attached hydrogens (tertiary/aromatic N) is 2. The van der Waals surface area contributed by atoms with E-state index in [9.17, 15) is 4.79 Å². The van der Waals surface area contributed by atoms with Crippen molar-refractivity contribution in [1.82, 2.24) is 10.2 Å². The standard InChI is InChI=1S/C8H8Cl2N2O2/c1-8(2,7(13)14)4-3-5(9)11-12-6(4)10/h3H,1-2H3,(H,13,14). The highest BCUT2D eigenvalue weighted by Crippen LogP contribution is 2.29. The third kappa shape index (κ3) is 1.96. The molecule has 6 heteroatoms. The van der Waals surface area contributed by atoms with Crippen molar-refractivity contribution >= 4 is 29.2 Å². The average molecular weight is 235 g/mol. The van der Waals surface area contributed by atoms with Crippen LogP contribution in [0.3, 0.4) is 0 Å². The molecule has 0 aromatic carbocycles. The first-order valence-corrected chi connectivity index (χ1v) is 4.54. The Balaban J connectivity index is 3.31. The average Bonchev–Trinajstić information content (AvgIpc) is 2.08. The maximum absolute atomic E-state index is 10.9. The molecule has 1 heterocycles. The molecule has 0 saturated heterocycles. The lowest BCUT2D eigenvalue weighted by molar-refractivity contribution is -0.142. The molecule has 14 heavy (non-hydrogen) atoms. The Morgan fingerprint density at radius 3 is 2.50 bits per heavy atom. The van der Waals surface area contributed by atoms with Gasteiger partial charge in [0.05, 0.1) is 5.41 Å². The number of carboxylic acids is 1. The Labute approximate surface area is 90.9 Å². The lowest BCUT2D eigenvalue weighted by Crippen LogP contribution is -2.29. The highest BCUT2D eigenvalue weighted by atomic mass is 35.5. The van der Waals surface area contributed by atoms with Gasteiger partial charge in [0.2, 0.25) is 0 Å². The molecule has 4 nitrogen and oxygen atoms in total. The zero-order valence-electron chi connectivity index (χ0n) is 7.58. The summed E-state index contributed by atoms with van der Waals surface area (Å²) in [5.74, 6) is -0.997. The monoisotopic (exact) mass is 234 g/mol. The number of halogens is 2. The predicted octanol–water partition coefficient (Wildman–Crippen LogP) is 2.15. The fourth-order valence-corrected chi connectivity index (χ4v) is 1.38. The van der Waals surface area contributed by atoms with Gasteiger partial charge in [-0.15, -0.1) is 10.2 Å². The number of hydrogen-bond donors (Lipinski definition) is 1. The summed E-state index contributed by atoms with van der Waals surface area (Å²) in [6, 6.07) is 1.41. The number of carboxylic acid groups (broad SMARTS) is 1. The lowest BCUT2D eigenvalue weighted by atomic mass is 9.86. The van der Waals surface area contributed by atoms with Crippen LogP contribution in [0.25, 0.3) is 0 Å². The molecule has 1 rings (SSSR count). The van der Waals surface area contributed by atoms with Gasteiger partial charge >= 0.3 is 5.97 Å². The number of hydrogen-bond acceptors (Lipinski definition) is 3. The van der Waals surface area contributed by atoms with E-state index >= 15 is 0 Å². The molecule has 1 aromatic heterocycles. The summed E-state index contributed by atoms with van der Waals surface area (Å²) < 4.78 is 0. The normalized spacial score (nSPS) is 11.4. The van der Waals surface area contributed by atoms with Gasteiger partial charge in [0.25, 0.3) is 0 Å². The van der Waals surface area contributed by atoms with E-state index in [-0.39, 0.29) is 10.3 Å². The Morgan fingerprint density at radius 2 is 2.00 bits per heavy atom. The van der Waals surface area contributed by atoms with Crippen LogP contribution in [0.2, 0.25) is 10.3 Å². The molecule has 0 radical (unpaired) electrons. The zero-order chi connectivity index (χ0) is 10.9. The number of rotatable bonds is 2. The van der Waals surface area contributed by atoms with Crippen LogP contribution in [0, 0.1) is 0 Å². The Hall–Kier alpha value is -0.870. The second-order valence-electron chi connectivity index (χ2n) is 3.30. The number of aromatic nitrogens is 2. The van der Waals surface area contributed by atoms with Crippen LogP contribution in [-0.2, 0) is 10.2 Å². The van der Waals surface area contributed by atoms with E-state index in [1.165, 1.54) is 19.9 Å². The molecule has 0 fully saturated rings. The minimum Gasteiger partial charge on any atom is -0.481 e. The largest absolute Gasteiger partial charge is 0.481 e. The maximum Gasteiger partial charge on any atom is 0.313 e. The molecule has 0 saturated carbocycles. The van der Waals surface area contributed by atoms with Crippen molar-refractivity contribution in [1.29, 1.82) is 0 Å². The summed E-state index contributed by atoms with van der Waals surface area (Å²) in [7, 11) is 0. The van der Waals surface area contributed by atoms with E-state index in [0.717, 1.165) is 0 Å². The molecule has 0 bridgehead atoms. The van der Waals surface area contributed by atoms with Gasteiger partial charge in [0.15, 0.2) is 10.3 Å². The molecular formula is C8H8Cl2N2O2. The van der Waals surface area contributed by atoms with Gasteiger partial charge in [-0.25, -0.2) is 0 Å². The van der Waals surface area contributed by atoms with Crippen LogP contribution in [0.5, 0.6) is 0 Å². The third-order valence-electron chi connectivity index (χ3n) is 1.93. The predicted molar refractivity (Wildman–Crippen MR) is 52.7 cm³/mol. The summed E-state index contributed by atoms with van der Waals surface area (Å²) >= 11 is 11.3. The van der Waals surface area contributed by atoms with E-state index in [2.05, 4.69) is 10.2 Å². The molecule has 0 spiro atoms. The van der Waals surface area contributed by atoms with Crippen molar-refractivity contribution in [3.8, 4) is 0 Å². The number of carbonyl (C=O) groups is 1. The molecule has 0 amide bonds. The van der Waals surface area contributed by atoms with Gasteiger partial charge in [0, 0.05) is 5.56 Å². The fourth-order valence-electron chi connectivity index (χ4n) is 0.907. The second kappa shape index (κ2) is 3.71. The van der Waals surface area contributed by atoms with Crippen LogP contribution in [0.15, 0.2) is 6.07 Å². The first-order valence-electron chi connectivity index (χ1n) is 3.78. The molecule has 1 N–H and O–H groups in total. The quantitative estimate of drug-likeness (QED) is 0.852. The molecule has 0 atom stereocenters. The molecular weight excluding hydrogens is 227 g/mol. The van der Waals surface area contributed by atoms with Crippen molar-refractivity contribution in [3.63, 3.8) is 0 Å². The van der Waals surface area contributed by atoms with Crippen molar-refractivity contribution < 1.29 is 9.90 Å². The summed E-state index contributed by atoms with van der Waals surface area (Å²) in [4.78, 5) is 10.9. The Kier molecular flexibility index (Phi) is 2.97. The Morgan fingerprint density at radius 1 is 1.43 bits per heavy atom. The highest BCUT2D eigenvalue weighted by Gasteiger charge is 2.32. The smallest absolute Gasteiger partial charge is 0.313 e. The van der Waals surface area contributed by atoms with Gasteiger partial charge in [-0.1, -0.05) is 23.2 Å². The highest BCUT2D eigenvalue weighted by molar-refractivity contribution is 6.32. The van der Waals surface area contributed by atoms with Gasteiger partial charge in [-0.3, -0.25) is 4.79 Å². The maximum atomic E-state index is 10.9. The van der Waals surface area contributed by atoms with E-state index in [1.807, 2.05) is 0 Å². The summed E-state index contributed by atoms with van der Waals surface area (Å²) in [5, 5.41) is 16.2. The summed E-state index contributed by atoms with van der Waals surface area (Å²) in [6.45, 7) is 3.04. The van der Waals surface area contributed by atoms with Crippen molar-refractivity contribution in [3.05, 3.63) is 21.9 Å². The molecule has 0 aliphatic rings. The van der Waals surface area contributed by atoms with Crippen LogP contribution >= 0.6 is 23.2 Å². The van der Waals surface area contributed by atoms with Crippen molar-refractivity contribution in [2.45, 2.75) is 19.3 Å². The molecule has 1 aromatic rings. The van der Waals surface area contributed by atoms with Gasteiger partial charge < -0.3 is 5.11 Å². The number of aliphatic carboxylic acids is 1. The SMILES string of the molecule is CC(C)(C(=O)O)c1cc(Cl)nnc1Cl. The molecule has 0 unspecified atom stereocenters. The van der Waals surface area contributed by atoms with Gasteiger partial charge in [-0.2, -0.15) is 0 Å². The minimum atomic E-state index is -1.13. The van der Waals surface area contributed by atoms with E-state index in [0.29, 0.717) is 5.56 Å². The summed E-state index contributed by atoms with van der Waals surface area (Å²) in [6.07, 6.45) is 0. The second-order valence-corrected chi connectivity index (χ2v) is 4.05. The molecule has 76 valence electrons. The van der Waals surface area contributed by atoms with Crippen molar-refractivity contribution in [2.75, 3.05) is 0 Å². The van der Waals surface area contributed by atoms with Gasteiger partial charge in [-0.05, 0) is 19.9 Å². The Bertz CT molecular complexity index is 380. The molecule has 0 aliphatic heterocycles. The topological polar surface area (TPSA) is 63.1 Å². The lowest BCUT2D eigenvalue weighted by Gasteiger charge is -2.19. The van der Waals surface area contributed by atoms with Crippen LogP contribution in [0.4, 0.5) is 0 Å². The van der Waals surface area contributed by atoms with Crippen LogP contribution in [-0.4, -0.2) is 21.3 Å². The fraction of sp³-hybridized carbons (Fsp3) is 0.375. The van der Waals surface area contributed by atoms with E-state index in [1.54, 1.807) is 0 Å². The summed E-state index contributed by atoms with van der Waals surface area (Å²) in [5.41, 5.74) is -0.775. The van der Waals surface area contributed by atoms with Crippen molar-refractivity contribution in [2.24, 2.45) is 0 Å². The third-order valence-corrected chi connectivity index (χ3v) is 2.39. The zero-order valence-corrected chi connectivity index (χ0v) is 9.10. The van der Waals surface area contributed by atoms with E-state index < -0.39 is 11.4 Å². The van der Waals surface area contributed by atoms with Crippen LogP contribution < -0.4 is 0 Å². The minimum absolute atomic E-state index is 0.0572.